The van der Waals surface area contributed by atoms with E-state index >= 15 is 0 Å². The van der Waals surface area contributed by atoms with Gasteiger partial charge in [0.25, 0.3) is 0 Å². The quantitative estimate of drug-likeness (QED) is 0.897. The molecule has 78 valence electrons. The highest BCUT2D eigenvalue weighted by atomic mass is 35.5. The zero-order valence-corrected chi connectivity index (χ0v) is 9.75. The summed E-state index contributed by atoms with van der Waals surface area (Å²) in [4.78, 5) is 0. The minimum atomic E-state index is -3.22. The van der Waals surface area contributed by atoms with Gasteiger partial charge in [-0.25, -0.2) is 13.1 Å². The molecule has 0 saturated carbocycles. The fraction of sp³-hybridized carbons (Fsp3) is 0.250. The van der Waals surface area contributed by atoms with Crippen LogP contribution in [0, 0.1) is 0 Å². The van der Waals surface area contributed by atoms with Crippen LogP contribution in [-0.2, 0) is 16.6 Å². The van der Waals surface area contributed by atoms with Crippen molar-refractivity contribution in [1.82, 2.24) is 4.72 Å². The first-order valence-electron chi connectivity index (χ1n) is 3.77. The minimum absolute atomic E-state index is 0.108. The van der Waals surface area contributed by atoms with Gasteiger partial charge < -0.3 is 0 Å². The number of hydrogen-bond donors (Lipinski definition) is 1. The van der Waals surface area contributed by atoms with Crippen molar-refractivity contribution in [2.75, 3.05) is 6.26 Å². The third-order valence-electron chi connectivity index (χ3n) is 1.57. The summed E-state index contributed by atoms with van der Waals surface area (Å²) in [6, 6.07) is 5.02. The lowest BCUT2D eigenvalue weighted by Crippen LogP contribution is -2.21. The van der Waals surface area contributed by atoms with Crippen LogP contribution in [0.2, 0.25) is 10.0 Å². The molecule has 1 aromatic rings. The standard InChI is InChI=1S/C8H9Cl2NO2S/c1-14(12,13)11-5-6-7(9)3-2-4-8(6)10/h2-4,11H,5H2,1H3. The Bertz CT molecular complexity index is 411. The number of sulfonamides is 1. The van der Waals surface area contributed by atoms with E-state index in [-0.39, 0.29) is 6.54 Å². The monoisotopic (exact) mass is 253 g/mol. The normalized spacial score (nSPS) is 11.6. The lowest BCUT2D eigenvalue weighted by Gasteiger charge is -2.06. The molecule has 1 N–H and O–H groups in total. The Morgan fingerprint density at radius 1 is 1.29 bits per heavy atom. The first-order valence-corrected chi connectivity index (χ1v) is 6.42. The Kier molecular flexibility index (Phi) is 3.78. The molecule has 0 radical (unpaired) electrons. The molecule has 0 amide bonds. The van der Waals surface area contributed by atoms with Gasteiger partial charge in [-0.15, -0.1) is 0 Å². The van der Waals surface area contributed by atoms with Crippen LogP contribution in [-0.4, -0.2) is 14.7 Å². The van der Waals surface area contributed by atoms with Crippen molar-refractivity contribution in [3.05, 3.63) is 33.8 Å². The van der Waals surface area contributed by atoms with E-state index in [1.54, 1.807) is 18.2 Å². The van der Waals surface area contributed by atoms with E-state index in [1.165, 1.54) is 0 Å². The van der Waals surface area contributed by atoms with E-state index < -0.39 is 10.0 Å². The highest BCUT2D eigenvalue weighted by Crippen LogP contribution is 2.23. The van der Waals surface area contributed by atoms with Gasteiger partial charge in [-0.05, 0) is 12.1 Å². The lowest BCUT2D eigenvalue weighted by atomic mass is 10.2. The van der Waals surface area contributed by atoms with Gasteiger partial charge in [-0.2, -0.15) is 0 Å². The molecular weight excluding hydrogens is 245 g/mol. The van der Waals surface area contributed by atoms with E-state index in [2.05, 4.69) is 4.72 Å². The van der Waals surface area contributed by atoms with E-state index in [0.717, 1.165) is 6.26 Å². The molecule has 0 spiro atoms. The van der Waals surface area contributed by atoms with Gasteiger partial charge in [-0.3, -0.25) is 0 Å². The van der Waals surface area contributed by atoms with Crippen LogP contribution < -0.4 is 4.72 Å². The summed E-state index contributed by atoms with van der Waals surface area (Å²) >= 11 is 11.7. The maximum atomic E-state index is 10.8. The van der Waals surface area contributed by atoms with Crippen LogP contribution >= 0.6 is 23.2 Å². The topological polar surface area (TPSA) is 46.2 Å². The second-order valence-electron chi connectivity index (χ2n) is 2.79. The molecule has 0 aliphatic carbocycles. The molecule has 0 heterocycles. The summed E-state index contributed by atoms with van der Waals surface area (Å²) in [5.41, 5.74) is 0.584. The Balaban J connectivity index is 2.87. The Labute approximate surface area is 93.1 Å². The summed E-state index contributed by atoms with van der Waals surface area (Å²) in [6.07, 6.45) is 1.08. The number of rotatable bonds is 3. The smallest absolute Gasteiger partial charge is 0.209 e. The van der Waals surface area contributed by atoms with Gasteiger partial charge in [0.15, 0.2) is 0 Å². The number of hydrogen-bond acceptors (Lipinski definition) is 2. The number of benzene rings is 1. The molecule has 0 saturated heterocycles. The van der Waals surface area contributed by atoms with Crippen molar-refractivity contribution in [2.45, 2.75) is 6.54 Å². The Hall–Kier alpha value is -0.290. The van der Waals surface area contributed by atoms with E-state index in [9.17, 15) is 8.42 Å². The molecule has 0 bridgehead atoms. The van der Waals surface area contributed by atoms with Gasteiger partial charge in [0, 0.05) is 22.2 Å². The van der Waals surface area contributed by atoms with Crippen LogP contribution in [0.5, 0.6) is 0 Å². The first-order chi connectivity index (χ1) is 6.40. The molecular formula is C8H9Cl2NO2S. The Morgan fingerprint density at radius 2 is 1.79 bits per heavy atom. The predicted octanol–water partition coefficient (Wildman–Crippen LogP) is 2.04. The van der Waals surface area contributed by atoms with Crippen molar-refractivity contribution < 1.29 is 8.42 Å². The van der Waals surface area contributed by atoms with Crippen LogP contribution in [0.1, 0.15) is 5.56 Å². The molecule has 1 rings (SSSR count). The fourth-order valence-corrected chi connectivity index (χ4v) is 1.84. The molecule has 6 heteroatoms. The van der Waals surface area contributed by atoms with E-state index in [4.69, 9.17) is 23.2 Å². The van der Waals surface area contributed by atoms with Crippen LogP contribution in [0.3, 0.4) is 0 Å². The summed E-state index contributed by atoms with van der Waals surface area (Å²) in [7, 11) is -3.22. The molecule has 0 atom stereocenters. The molecule has 0 aromatic heterocycles. The summed E-state index contributed by atoms with van der Waals surface area (Å²) in [5.74, 6) is 0. The van der Waals surface area contributed by atoms with Gasteiger partial charge >= 0.3 is 0 Å². The SMILES string of the molecule is CS(=O)(=O)NCc1c(Cl)cccc1Cl. The van der Waals surface area contributed by atoms with Crippen LogP contribution in [0.15, 0.2) is 18.2 Å². The molecule has 0 aliphatic rings. The maximum Gasteiger partial charge on any atom is 0.209 e. The molecule has 3 nitrogen and oxygen atoms in total. The average molecular weight is 254 g/mol. The molecule has 0 aliphatic heterocycles. The zero-order chi connectivity index (χ0) is 10.8. The molecule has 1 aromatic carbocycles. The second-order valence-corrected chi connectivity index (χ2v) is 5.44. The highest BCUT2D eigenvalue weighted by Gasteiger charge is 2.07. The average Bonchev–Trinajstić information content (AvgIpc) is 2.01. The number of nitrogens with one attached hydrogen (secondary N) is 1. The van der Waals surface area contributed by atoms with E-state index in [0.29, 0.717) is 15.6 Å². The largest absolute Gasteiger partial charge is 0.213 e. The third-order valence-corrected chi connectivity index (χ3v) is 2.95. The van der Waals surface area contributed by atoms with Crippen molar-refractivity contribution in [1.29, 1.82) is 0 Å². The third kappa shape index (κ3) is 3.46. The Morgan fingerprint density at radius 3 is 2.21 bits per heavy atom. The summed E-state index contributed by atoms with van der Waals surface area (Å²) in [6.45, 7) is 0.108. The summed E-state index contributed by atoms with van der Waals surface area (Å²) < 4.78 is 24.0. The summed E-state index contributed by atoms with van der Waals surface area (Å²) in [5, 5.41) is 0.905. The van der Waals surface area contributed by atoms with Crippen LogP contribution in [0.25, 0.3) is 0 Å². The lowest BCUT2D eigenvalue weighted by molar-refractivity contribution is 0.587. The van der Waals surface area contributed by atoms with Gasteiger partial charge in [0.05, 0.1) is 6.26 Å². The number of halogens is 2. The zero-order valence-electron chi connectivity index (χ0n) is 7.42. The van der Waals surface area contributed by atoms with Crippen molar-refractivity contribution in [3.8, 4) is 0 Å². The second kappa shape index (κ2) is 4.49. The predicted molar refractivity (Wildman–Crippen MR) is 58.1 cm³/mol. The van der Waals surface area contributed by atoms with Crippen molar-refractivity contribution >= 4 is 33.2 Å². The fourth-order valence-electron chi connectivity index (χ4n) is 0.904. The minimum Gasteiger partial charge on any atom is -0.213 e. The van der Waals surface area contributed by atoms with E-state index in [1.807, 2.05) is 0 Å². The van der Waals surface area contributed by atoms with Gasteiger partial charge in [0.1, 0.15) is 0 Å². The maximum absolute atomic E-state index is 10.8. The van der Waals surface area contributed by atoms with Gasteiger partial charge in [0.2, 0.25) is 10.0 Å². The van der Waals surface area contributed by atoms with Crippen LogP contribution in [0.4, 0.5) is 0 Å². The molecule has 0 fully saturated rings. The first kappa shape index (κ1) is 11.8. The highest BCUT2D eigenvalue weighted by molar-refractivity contribution is 7.88. The van der Waals surface area contributed by atoms with Gasteiger partial charge in [-0.1, -0.05) is 29.3 Å². The van der Waals surface area contributed by atoms with Crippen molar-refractivity contribution in [3.63, 3.8) is 0 Å². The van der Waals surface area contributed by atoms with Crippen molar-refractivity contribution in [2.24, 2.45) is 0 Å². The molecule has 0 unspecified atom stereocenters. The molecule has 14 heavy (non-hydrogen) atoms.